The molecule has 1 saturated carbocycles. The molecule has 0 bridgehead atoms. The minimum absolute atomic E-state index is 0.172. The maximum absolute atomic E-state index is 11.6. The van der Waals surface area contributed by atoms with Gasteiger partial charge in [-0.2, -0.15) is 0 Å². The molecule has 0 N–H and O–H groups in total. The van der Waals surface area contributed by atoms with E-state index in [-0.39, 0.29) is 5.92 Å². The van der Waals surface area contributed by atoms with Gasteiger partial charge in [0.1, 0.15) is 5.78 Å². The molecule has 0 aromatic rings. The molecule has 2 aliphatic rings. The zero-order valence-electron chi connectivity index (χ0n) is 8.29. The Labute approximate surface area is 79.5 Å². The molecule has 70 valence electrons. The van der Waals surface area contributed by atoms with Crippen LogP contribution in [0.2, 0.25) is 0 Å². The number of Topliss-reactive ketones (excluding diaryl/α,β-unsaturated/α-hetero) is 1. The third kappa shape index (κ3) is 1.37. The van der Waals surface area contributed by atoms with Gasteiger partial charge in [0.15, 0.2) is 0 Å². The van der Waals surface area contributed by atoms with Crippen LogP contribution in [0.25, 0.3) is 0 Å². The number of ketones is 1. The Kier molecular flexibility index (Phi) is 2.10. The van der Waals surface area contributed by atoms with E-state index in [0.717, 1.165) is 12.8 Å². The van der Waals surface area contributed by atoms with Crippen LogP contribution >= 0.6 is 0 Å². The molecule has 0 amide bonds. The smallest absolute Gasteiger partial charge is 0.140 e. The molecule has 0 aromatic heterocycles. The molecule has 1 fully saturated rings. The number of hydrogen-bond acceptors (Lipinski definition) is 1. The molecule has 0 spiro atoms. The quantitative estimate of drug-likeness (QED) is 0.554. The molecule has 3 atom stereocenters. The normalized spacial score (nSPS) is 38.5. The van der Waals surface area contributed by atoms with E-state index in [2.05, 4.69) is 25.2 Å². The summed E-state index contributed by atoms with van der Waals surface area (Å²) in [5, 5.41) is 0. The van der Waals surface area contributed by atoms with E-state index in [9.17, 15) is 4.79 Å². The second-order valence-corrected chi connectivity index (χ2v) is 4.31. The van der Waals surface area contributed by atoms with E-state index < -0.39 is 0 Å². The zero-order chi connectivity index (χ0) is 9.42. The Morgan fingerprint density at radius 1 is 1.38 bits per heavy atom. The van der Waals surface area contributed by atoms with Crippen molar-refractivity contribution in [1.29, 1.82) is 0 Å². The highest BCUT2D eigenvalue weighted by Crippen LogP contribution is 2.39. The molecule has 1 nitrogen and oxygen atoms in total. The van der Waals surface area contributed by atoms with Crippen molar-refractivity contribution in [2.45, 2.75) is 26.7 Å². The standard InChI is InChI=1S/C12H16O/c1-8-7-12(13)9(2)11-6-4-3-5-10(8)11/h3-4,6,8-10H,5,7H2,1-2H3. The van der Waals surface area contributed by atoms with E-state index >= 15 is 0 Å². The second kappa shape index (κ2) is 3.13. The van der Waals surface area contributed by atoms with Crippen LogP contribution in [0, 0.1) is 17.8 Å². The summed E-state index contributed by atoms with van der Waals surface area (Å²) < 4.78 is 0. The summed E-state index contributed by atoms with van der Waals surface area (Å²) in [5.41, 5.74) is 1.37. The lowest BCUT2D eigenvalue weighted by atomic mass is 9.68. The van der Waals surface area contributed by atoms with E-state index in [0.29, 0.717) is 17.6 Å². The van der Waals surface area contributed by atoms with Crippen LogP contribution < -0.4 is 0 Å². The van der Waals surface area contributed by atoms with Gasteiger partial charge in [-0.05, 0) is 18.3 Å². The predicted molar refractivity (Wildman–Crippen MR) is 53.3 cm³/mol. The molecule has 13 heavy (non-hydrogen) atoms. The van der Waals surface area contributed by atoms with Crippen molar-refractivity contribution in [2.24, 2.45) is 17.8 Å². The van der Waals surface area contributed by atoms with E-state index in [1.54, 1.807) is 0 Å². The van der Waals surface area contributed by atoms with E-state index in [1.807, 2.05) is 6.92 Å². The number of carbonyl (C=O) groups is 1. The largest absolute Gasteiger partial charge is 0.299 e. The minimum Gasteiger partial charge on any atom is -0.299 e. The van der Waals surface area contributed by atoms with Crippen molar-refractivity contribution in [3.63, 3.8) is 0 Å². The molecule has 2 aliphatic carbocycles. The summed E-state index contributed by atoms with van der Waals surface area (Å²) in [6.45, 7) is 4.24. The lowest BCUT2D eigenvalue weighted by molar-refractivity contribution is -0.124. The van der Waals surface area contributed by atoms with Crippen LogP contribution in [-0.4, -0.2) is 5.78 Å². The van der Waals surface area contributed by atoms with Crippen LogP contribution in [0.15, 0.2) is 23.8 Å². The molecule has 0 saturated heterocycles. The van der Waals surface area contributed by atoms with Gasteiger partial charge >= 0.3 is 0 Å². The summed E-state index contributed by atoms with van der Waals surface area (Å²) in [7, 11) is 0. The predicted octanol–water partition coefficient (Wildman–Crippen LogP) is 2.73. The van der Waals surface area contributed by atoms with Gasteiger partial charge in [-0.25, -0.2) is 0 Å². The summed E-state index contributed by atoms with van der Waals surface area (Å²) >= 11 is 0. The molecule has 0 heterocycles. The second-order valence-electron chi connectivity index (χ2n) is 4.31. The number of hydrogen-bond donors (Lipinski definition) is 0. The summed E-state index contributed by atoms with van der Waals surface area (Å²) in [6.07, 6.45) is 8.36. The lowest BCUT2D eigenvalue weighted by Crippen LogP contribution is -2.32. The lowest BCUT2D eigenvalue weighted by Gasteiger charge is -2.35. The van der Waals surface area contributed by atoms with Crippen molar-refractivity contribution >= 4 is 5.78 Å². The van der Waals surface area contributed by atoms with Gasteiger partial charge in [0.25, 0.3) is 0 Å². The number of fused-ring (bicyclic) bond motifs is 1. The topological polar surface area (TPSA) is 17.1 Å². The van der Waals surface area contributed by atoms with Gasteiger partial charge in [-0.3, -0.25) is 4.79 Å². The van der Waals surface area contributed by atoms with Crippen LogP contribution in [0.1, 0.15) is 26.7 Å². The summed E-state index contributed by atoms with van der Waals surface area (Å²) in [4.78, 5) is 11.6. The monoisotopic (exact) mass is 176 g/mol. The Morgan fingerprint density at radius 3 is 2.92 bits per heavy atom. The Balaban J connectivity index is 2.32. The van der Waals surface area contributed by atoms with Gasteiger partial charge in [-0.15, -0.1) is 0 Å². The molecule has 0 aliphatic heterocycles. The molecule has 0 radical (unpaired) electrons. The molecule has 0 aromatic carbocycles. The maximum atomic E-state index is 11.6. The van der Waals surface area contributed by atoms with Gasteiger partial charge in [0.2, 0.25) is 0 Å². The molecular weight excluding hydrogens is 160 g/mol. The van der Waals surface area contributed by atoms with E-state index in [1.165, 1.54) is 5.57 Å². The number of allylic oxidation sites excluding steroid dienone is 4. The van der Waals surface area contributed by atoms with Crippen molar-refractivity contribution in [3.8, 4) is 0 Å². The highest BCUT2D eigenvalue weighted by molar-refractivity contribution is 5.85. The first kappa shape index (κ1) is 8.74. The zero-order valence-corrected chi connectivity index (χ0v) is 8.29. The first-order valence-electron chi connectivity index (χ1n) is 5.09. The first-order chi connectivity index (χ1) is 6.20. The SMILES string of the molecule is CC1C(=O)CC(C)C2CC=CC=C12. The summed E-state index contributed by atoms with van der Waals surface area (Å²) in [5.74, 6) is 1.77. The van der Waals surface area contributed by atoms with Crippen molar-refractivity contribution in [2.75, 3.05) is 0 Å². The highest BCUT2D eigenvalue weighted by atomic mass is 16.1. The number of rotatable bonds is 0. The minimum atomic E-state index is 0.172. The molecule has 3 unspecified atom stereocenters. The van der Waals surface area contributed by atoms with Crippen LogP contribution in [0.5, 0.6) is 0 Å². The fourth-order valence-corrected chi connectivity index (χ4v) is 2.51. The van der Waals surface area contributed by atoms with Crippen LogP contribution in [-0.2, 0) is 4.79 Å². The van der Waals surface area contributed by atoms with Crippen molar-refractivity contribution in [1.82, 2.24) is 0 Å². The maximum Gasteiger partial charge on any atom is 0.140 e. The van der Waals surface area contributed by atoms with Gasteiger partial charge in [0, 0.05) is 12.3 Å². The first-order valence-corrected chi connectivity index (χ1v) is 5.09. The van der Waals surface area contributed by atoms with Gasteiger partial charge in [0.05, 0.1) is 0 Å². The van der Waals surface area contributed by atoms with Crippen molar-refractivity contribution < 1.29 is 4.79 Å². The van der Waals surface area contributed by atoms with E-state index in [4.69, 9.17) is 0 Å². The van der Waals surface area contributed by atoms with Crippen molar-refractivity contribution in [3.05, 3.63) is 23.8 Å². The molecule has 2 rings (SSSR count). The summed E-state index contributed by atoms with van der Waals surface area (Å²) in [6, 6.07) is 0. The van der Waals surface area contributed by atoms with Crippen LogP contribution in [0.4, 0.5) is 0 Å². The third-order valence-electron chi connectivity index (χ3n) is 3.44. The van der Waals surface area contributed by atoms with Gasteiger partial charge in [-0.1, -0.05) is 37.6 Å². The van der Waals surface area contributed by atoms with Crippen LogP contribution in [0.3, 0.4) is 0 Å². The fourth-order valence-electron chi connectivity index (χ4n) is 2.51. The molecule has 1 heteroatoms. The van der Waals surface area contributed by atoms with Gasteiger partial charge < -0.3 is 0 Å². The Bertz CT molecular complexity index is 285. The average molecular weight is 176 g/mol. The number of carbonyl (C=O) groups excluding carboxylic acids is 1. The molecular formula is C12H16O. The third-order valence-corrected chi connectivity index (χ3v) is 3.44. The average Bonchev–Trinajstić information content (AvgIpc) is 2.15. The Morgan fingerprint density at radius 2 is 2.15 bits per heavy atom. The fraction of sp³-hybridized carbons (Fsp3) is 0.583. The Hall–Kier alpha value is -0.850. The highest BCUT2D eigenvalue weighted by Gasteiger charge is 2.35.